The molecule has 2 unspecified atom stereocenters. The first-order chi connectivity index (χ1) is 8.22. The highest BCUT2D eigenvalue weighted by molar-refractivity contribution is 4.88. The van der Waals surface area contributed by atoms with Crippen molar-refractivity contribution in [2.45, 2.75) is 83.4 Å². The van der Waals surface area contributed by atoms with Gasteiger partial charge in [-0.25, -0.2) is 4.39 Å². The molecule has 2 atom stereocenters. The number of halogens is 1. The molecule has 2 nitrogen and oxygen atoms in total. The Morgan fingerprint density at radius 3 is 1.94 bits per heavy atom. The molecule has 0 fully saturated rings. The number of aliphatic hydroxyl groups is 1. The molecule has 0 aliphatic heterocycles. The molecule has 0 rings (SSSR count). The van der Waals surface area contributed by atoms with E-state index in [0.717, 1.165) is 19.3 Å². The van der Waals surface area contributed by atoms with Gasteiger partial charge < -0.3 is 5.11 Å². The maximum atomic E-state index is 12.7. The van der Waals surface area contributed by atoms with Crippen LogP contribution >= 0.6 is 0 Å². The average Bonchev–Trinajstić information content (AvgIpc) is 2.35. The normalized spacial score (nSPS) is 14.2. The third-order valence-electron chi connectivity index (χ3n) is 3.06. The zero-order valence-corrected chi connectivity index (χ0v) is 11.0. The van der Waals surface area contributed by atoms with E-state index in [1.807, 2.05) is 0 Å². The van der Waals surface area contributed by atoms with Gasteiger partial charge in [0.2, 0.25) is 6.17 Å². The third kappa shape index (κ3) is 10.3. The molecule has 0 amide bonds. The van der Waals surface area contributed by atoms with Crippen LogP contribution in [-0.2, 0) is 0 Å². The Morgan fingerprint density at radius 1 is 1.00 bits per heavy atom. The fourth-order valence-electron chi connectivity index (χ4n) is 1.90. The van der Waals surface area contributed by atoms with E-state index >= 15 is 0 Å². The van der Waals surface area contributed by atoms with Crippen LogP contribution in [0.5, 0.6) is 0 Å². The van der Waals surface area contributed by atoms with Gasteiger partial charge >= 0.3 is 0 Å². The van der Waals surface area contributed by atoms with Gasteiger partial charge in [-0.2, -0.15) is 5.26 Å². The molecule has 0 aromatic heterocycles. The van der Waals surface area contributed by atoms with E-state index in [0.29, 0.717) is 6.42 Å². The van der Waals surface area contributed by atoms with Crippen LogP contribution in [0.2, 0.25) is 0 Å². The predicted molar refractivity (Wildman–Crippen MR) is 68.4 cm³/mol. The lowest BCUT2D eigenvalue weighted by atomic mass is 10.0. The van der Waals surface area contributed by atoms with Crippen LogP contribution in [-0.4, -0.2) is 17.4 Å². The maximum absolute atomic E-state index is 12.7. The quantitative estimate of drug-likeness (QED) is 0.554. The molecule has 100 valence electrons. The second-order valence-electron chi connectivity index (χ2n) is 4.72. The first kappa shape index (κ1) is 16.4. The Labute approximate surface area is 105 Å². The minimum atomic E-state index is -1.72. The lowest BCUT2D eigenvalue weighted by Crippen LogP contribution is -2.19. The Bertz CT molecular complexity index is 203. The molecular formula is C14H26FNO. The fourth-order valence-corrected chi connectivity index (χ4v) is 1.90. The minimum absolute atomic E-state index is 0.407. The summed E-state index contributed by atoms with van der Waals surface area (Å²) in [6.45, 7) is 2.21. The molecule has 0 radical (unpaired) electrons. The van der Waals surface area contributed by atoms with Crippen LogP contribution in [0.1, 0.15) is 71.1 Å². The van der Waals surface area contributed by atoms with Gasteiger partial charge in [0.1, 0.15) is 6.07 Å². The molecule has 0 aliphatic rings. The lowest BCUT2D eigenvalue weighted by molar-refractivity contribution is 0.0958. The molecule has 0 aliphatic carbocycles. The smallest absolute Gasteiger partial charge is 0.211 e. The van der Waals surface area contributed by atoms with E-state index < -0.39 is 12.3 Å². The molecule has 3 heteroatoms. The topological polar surface area (TPSA) is 44.0 Å². The summed E-state index contributed by atoms with van der Waals surface area (Å²) in [7, 11) is 0. The number of unbranched alkanes of at least 4 members (excludes halogenated alkanes) is 8. The average molecular weight is 243 g/mol. The van der Waals surface area contributed by atoms with Gasteiger partial charge in [-0.15, -0.1) is 0 Å². The summed E-state index contributed by atoms with van der Waals surface area (Å²) in [6, 6.07) is 1.43. The van der Waals surface area contributed by atoms with Crippen molar-refractivity contribution in [2.24, 2.45) is 0 Å². The summed E-state index contributed by atoms with van der Waals surface area (Å²) < 4.78 is 12.7. The van der Waals surface area contributed by atoms with Crippen LogP contribution < -0.4 is 0 Å². The number of hydrogen-bond acceptors (Lipinski definition) is 2. The predicted octanol–water partition coefficient (Wildman–Crippen LogP) is 4.13. The number of rotatable bonds is 11. The molecule has 0 heterocycles. The first-order valence-corrected chi connectivity index (χ1v) is 6.94. The van der Waals surface area contributed by atoms with Crippen LogP contribution in [0.3, 0.4) is 0 Å². The standard InChI is InChI=1S/C14H26FNO/c1-2-3-4-5-6-7-8-9-10-11-14(17)13(15)12-16/h13-14,17H,2-11H2,1H3. The van der Waals surface area contributed by atoms with Crippen molar-refractivity contribution >= 4 is 0 Å². The summed E-state index contributed by atoms with van der Waals surface area (Å²) in [6.07, 6.45) is 8.38. The zero-order valence-electron chi connectivity index (χ0n) is 11.0. The first-order valence-electron chi connectivity index (χ1n) is 6.94. The maximum Gasteiger partial charge on any atom is 0.211 e. The summed E-state index contributed by atoms with van der Waals surface area (Å²) in [5.74, 6) is 0. The van der Waals surface area contributed by atoms with Crippen molar-refractivity contribution in [2.75, 3.05) is 0 Å². The molecule has 0 aromatic rings. The summed E-state index contributed by atoms with van der Waals surface area (Å²) in [4.78, 5) is 0. The Hall–Kier alpha value is -0.620. The van der Waals surface area contributed by atoms with Crippen LogP contribution in [0.15, 0.2) is 0 Å². The monoisotopic (exact) mass is 243 g/mol. The van der Waals surface area contributed by atoms with Crippen LogP contribution in [0.25, 0.3) is 0 Å². The summed E-state index contributed by atoms with van der Waals surface area (Å²) in [5.41, 5.74) is 0. The van der Waals surface area contributed by atoms with Crippen molar-refractivity contribution < 1.29 is 9.50 Å². The van der Waals surface area contributed by atoms with Crippen molar-refractivity contribution in [1.82, 2.24) is 0 Å². The van der Waals surface area contributed by atoms with Crippen molar-refractivity contribution in [3.05, 3.63) is 0 Å². The van der Waals surface area contributed by atoms with Gasteiger partial charge in [0.05, 0.1) is 6.10 Å². The molecule has 0 saturated heterocycles. The molecule has 0 saturated carbocycles. The Kier molecular flexibility index (Phi) is 11.4. The minimum Gasteiger partial charge on any atom is -0.389 e. The van der Waals surface area contributed by atoms with Gasteiger partial charge in [0.15, 0.2) is 0 Å². The zero-order chi connectivity index (χ0) is 12.9. The van der Waals surface area contributed by atoms with E-state index in [1.165, 1.54) is 44.6 Å². The molecular weight excluding hydrogens is 217 g/mol. The SMILES string of the molecule is CCCCCCCCCCCC(O)C(F)C#N. The number of nitriles is 1. The highest BCUT2D eigenvalue weighted by atomic mass is 19.1. The Morgan fingerprint density at radius 2 is 1.47 bits per heavy atom. The van der Waals surface area contributed by atoms with Crippen LogP contribution in [0, 0.1) is 11.3 Å². The van der Waals surface area contributed by atoms with Gasteiger partial charge in [-0.3, -0.25) is 0 Å². The van der Waals surface area contributed by atoms with Crippen molar-refractivity contribution in [3.8, 4) is 6.07 Å². The molecule has 0 aromatic carbocycles. The molecule has 0 bridgehead atoms. The number of nitrogens with zero attached hydrogens (tertiary/aromatic N) is 1. The van der Waals surface area contributed by atoms with E-state index in [1.54, 1.807) is 0 Å². The van der Waals surface area contributed by atoms with Crippen LogP contribution in [0.4, 0.5) is 4.39 Å². The fraction of sp³-hybridized carbons (Fsp3) is 0.929. The van der Waals surface area contributed by atoms with E-state index in [4.69, 9.17) is 5.26 Å². The van der Waals surface area contributed by atoms with E-state index in [-0.39, 0.29) is 0 Å². The van der Waals surface area contributed by atoms with Crippen molar-refractivity contribution in [3.63, 3.8) is 0 Å². The number of alkyl halides is 1. The summed E-state index contributed by atoms with van der Waals surface area (Å²) >= 11 is 0. The van der Waals surface area contributed by atoms with E-state index in [2.05, 4.69) is 6.92 Å². The van der Waals surface area contributed by atoms with Gasteiger partial charge in [0, 0.05) is 0 Å². The van der Waals surface area contributed by atoms with Gasteiger partial charge in [-0.1, -0.05) is 64.7 Å². The van der Waals surface area contributed by atoms with Crippen molar-refractivity contribution in [1.29, 1.82) is 5.26 Å². The second kappa shape index (κ2) is 11.9. The van der Waals surface area contributed by atoms with Gasteiger partial charge in [-0.05, 0) is 6.42 Å². The Balaban J connectivity index is 3.16. The largest absolute Gasteiger partial charge is 0.389 e. The molecule has 0 spiro atoms. The number of hydrogen-bond donors (Lipinski definition) is 1. The molecule has 17 heavy (non-hydrogen) atoms. The molecule has 1 N–H and O–H groups in total. The third-order valence-corrected chi connectivity index (χ3v) is 3.06. The van der Waals surface area contributed by atoms with Gasteiger partial charge in [0.25, 0.3) is 0 Å². The highest BCUT2D eigenvalue weighted by Gasteiger charge is 2.16. The van der Waals surface area contributed by atoms with E-state index in [9.17, 15) is 9.50 Å². The highest BCUT2D eigenvalue weighted by Crippen LogP contribution is 2.13. The summed E-state index contributed by atoms with van der Waals surface area (Å²) in [5, 5.41) is 17.5. The second-order valence-corrected chi connectivity index (χ2v) is 4.72. The number of aliphatic hydroxyl groups excluding tert-OH is 1. The lowest BCUT2D eigenvalue weighted by Gasteiger charge is -2.09.